The number of para-hydroxylation sites is 2. The lowest BCUT2D eigenvalue weighted by Crippen LogP contribution is -2.10. The summed E-state index contributed by atoms with van der Waals surface area (Å²) in [6.07, 6.45) is 3.10. The Labute approximate surface area is 197 Å². The highest BCUT2D eigenvalue weighted by Gasteiger charge is 2.32. The lowest BCUT2D eigenvalue weighted by Gasteiger charge is -2.23. The number of hydrogen-bond acceptors (Lipinski definition) is 0. The van der Waals surface area contributed by atoms with Crippen LogP contribution in [-0.2, 0) is 19.3 Å². The molecule has 3 aliphatic rings. The van der Waals surface area contributed by atoms with Crippen LogP contribution in [0, 0.1) is 0 Å². The van der Waals surface area contributed by atoms with Gasteiger partial charge in [0.25, 0.3) is 0 Å². The van der Waals surface area contributed by atoms with E-state index in [1.807, 2.05) is 0 Å². The van der Waals surface area contributed by atoms with Crippen molar-refractivity contribution in [2.45, 2.75) is 19.3 Å². The van der Waals surface area contributed by atoms with Crippen LogP contribution >= 0.6 is 0 Å². The van der Waals surface area contributed by atoms with E-state index in [9.17, 15) is 0 Å². The number of hydrogen-bond donors (Lipinski definition) is 0. The minimum Gasteiger partial charge on any atom is -0.308 e. The van der Waals surface area contributed by atoms with Crippen LogP contribution < -0.4 is 0 Å². The summed E-state index contributed by atoms with van der Waals surface area (Å²) in [5, 5.41) is 2.74. The first kappa shape index (κ1) is 17.4. The van der Waals surface area contributed by atoms with Gasteiger partial charge in [-0.25, -0.2) is 0 Å². The molecule has 9 rings (SSSR count). The molecule has 0 spiro atoms. The van der Waals surface area contributed by atoms with Crippen LogP contribution in [0.15, 0.2) is 91.0 Å². The van der Waals surface area contributed by atoms with Gasteiger partial charge in [0.05, 0.1) is 16.7 Å². The van der Waals surface area contributed by atoms with Gasteiger partial charge < -0.3 is 4.57 Å². The quantitative estimate of drug-likeness (QED) is 0.231. The van der Waals surface area contributed by atoms with E-state index >= 15 is 0 Å². The zero-order valence-electron chi connectivity index (χ0n) is 18.7. The third-order valence-corrected chi connectivity index (χ3v) is 8.50. The molecule has 0 atom stereocenters. The summed E-state index contributed by atoms with van der Waals surface area (Å²) < 4.78 is 2.58. The molecule has 0 N–H and O–H groups in total. The Hall–Kier alpha value is -4.10. The second-order valence-corrected chi connectivity index (χ2v) is 10.1. The number of benzene rings is 5. The smallest absolute Gasteiger partial charge is 0.0576 e. The Morgan fingerprint density at radius 1 is 0.441 bits per heavy atom. The van der Waals surface area contributed by atoms with Crippen molar-refractivity contribution in [3.63, 3.8) is 0 Å². The Kier molecular flexibility index (Phi) is 3.00. The van der Waals surface area contributed by atoms with Crippen molar-refractivity contribution in [1.29, 1.82) is 0 Å². The van der Waals surface area contributed by atoms with Gasteiger partial charge in [0, 0.05) is 23.6 Å². The molecule has 0 saturated carbocycles. The average molecular weight is 432 g/mol. The third kappa shape index (κ3) is 1.94. The molecule has 2 heterocycles. The van der Waals surface area contributed by atoms with E-state index in [4.69, 9.17) is 0 Å². The number of fused-ring (bicyclic) bond motifs is 13. The molecule has 1 aliphatic heterocycles. The molecule has 0 bridgehead atoms. The van der Waals surface area contributed by atoms with Crippen molar-refractivity contribution in [3.8, 4) is 27.9 Å². The first-order valence-electron chi connectivity index (χ1n) is 12.3. The molecule has 1 aromatic heterocycles. The topological polar surface area (TPSA) is 4.93 Å². The highest BCUT2D eigenvalue weighted by Crippen LogP contribution is 2.50. The molecular formula is C33H21N. The van der Waals surface area contributed by atoms with Gasteiger partial charge in [-0.1, -0.05) is 84.9 Å². The molecule has 0 saturated heterocycles. The lowest BCUT2D eigenvalue weighted by atomic mass is 9.92. The van der Waals surface area contributed by atoms with Gasteiger partial charge in [0.15, 0.2) is 0 Å². The maximum Gasteiger partial charge on any atom is 0.0576 e. The van der Waals surface area contributed by atoms with Crippen molar-refractivity contribution >= 4 is 21.8 Å². The van der Waals surface area contributed by atoms with Gasteiger partial charge in [0.1, 0.15) is 0 Å². The average Bonchev–Trinajstić information content (AvgIpc) is 3.55. The van der Waals surface area contributed by atoms with Crippen molar-refractivity contribution < 1.29 is 0 Å². The number of aromatic nitrogens is 1. The second-order valence-electron chi connectivity index (χ2n) is 10.1. The molecule has 5 aromatic carbocycles. The molecule has 0 fully saturated rings. The molecule has 158 valence electrons. The normalized spacial score (nSPS) is 14.1. The second kappa shape index (κ2) is 5.87. The summed E-state index contributed by atoms with van der Waals surface area (Å²) in [6.45, 7) is 0. The van der Waals surface area contributed by atoms with Crippen molar-refractivity contribution in [2.24, 2.45) is 0 Å². The van der Waals surface area contributed by atoms with Crippen molar-refractivity contribution in [2.75, 3.05) is 0 Å². The summed E-state index contributed by atoms with van der Waals surface area (Å²) in [5.74, 6) is 0. The van der Waals surface area contributed by atoms with E-state index in [-0.39, 0.29) is 0 Å². The van der Waals surface area contributed by atoms with Crippen molar-refractivity contribution in [1.82, 2.24) is 4.57 Å². The van der Waals surface area contributed by atoms with Gasteiger partial charge >= 0.3 is 0 Å². The summed E-state index contributed by atoms with van der Waals surface area (Å²) in [7, 11) is 0. The molecule has 0 radical (unpaired) electrons. The molecule has 2 aliphatic carbocycles. The minimum absolute atomic E-state index is 1.01. The molecule has 0 unspecified atom stereocenters. The standard InChI is InChI=1S/C33H21N/c1-2-8-22-19(6-1)17-28-23(22)14-15-24-25-13-12-21-16-20-7-5-10-27-26-9-3-4-11-31(26)34(32(20)27)33(21)30(25)18-29(24)28/h1-15H,16-18H2. The fourth-order valence-electron chi connectivity index (χ4n) is 7.11. The first-order chi connectivity index (χ1) is 16.9. The Balaban J connectivity index is 1.34. The van der Waals surface area contributed by atoms with Crippen LogP contribution in [-0.4, -0.2) is 4.57 Å². The Morgan fingerprint density at radius 2 is 1.15 bits per heavy atom. The SMILES string of the molecule is c1ccc2c(c1)Cc1c-2ccc2c1Cc1c-2ccc2c1-n1c3ccccc3c3cccc(c31)C2. The maximum absolute atomic E-state index is 2.58. The predicted molar refractivity (Wildman–Crippen MR) is 140 cm³/mol. The van der Waals surface area contributed by atoms with Crippen LogP contribution in [0.5, 0.6) is 0 Å². The van der Waals surface area contributed by atoms with Crippen LogP contribution in [0.2, 0.25) is 0 Å². The van der Waals surface area contributed by atoms with E-state index in [0.717, 1.165) is 19.3 Å². The summed E-state index contributed by atoms with van der Waals surface area (Å²) in [4.78, 5) is 0. The maximum atomic E-state index is 2.58. The lowest BCUT2D eigenvalue weighted by molar-refractivity contribution is 1.01. The number of nitrogens with zero attached hydrogens (tertiary/aromatic N) is 1. The van der Waals surface area contributed by atoms with E-state index in [0.29, 0.717) is 0 Å². The molecular weight excluding hydrogens is 410 g/mol. The molecule has 6 aromatic rings. The van der Waals surface area contributed by atoms with Crippen LogP contribution in [0.1, 0.15) is 33.4 Å². The van der Waals surface area contributed by atoms with E-state index in [1.165, 1.54) is 72.0 Å². The van der Waals surface area contributed by atoms with E-state index in [2.05, 4.69) is 95.6 Å². The molecule has 0 amide bonds. The molecule has 1 heteroatoms. The summed E-state index contributed by atoms with van der Waals surface area (Å²) in [6, 6.07) is 34.2. The summed E-state index contributed by atoms with van der Waals surface area (Å²) in [5.41, 5.74) is 18.8. The van der Waals surface area contributed by atoms with Crippen molar-refractivity contribution in [3.05, 3.63) is 124 Å². The van der Waals surface area contributed by atoms with Crippen LogP contribution in [0.25, 0.3) is 49.7 Å². The highest BCUT2D eigenvalue weighted by molar-refractivity contribution is 6.11. The molecule has 34 heavy (non-hydrogen) atoms. The van der Waals surface area contributed by atoms with Gasteiger partial charge in [-0.3, -0.25) is 0 Å². The van der Waals surface area contributed by atoms with Crippen LogP contribution in [0.4, 0.5) is 0 Å². The minimum atomic E-state index is 1.01. The molecule has 1 nitrogen and oxygen atoms in total. The monoisotopic (exact) mass is 431 g/mol. The fourth-order valence-corrected chi connectivity index (χ4v) is 7.11. The van der Waals surface area contributed by atoms with Gasteiger partial charge in [-0.05, 0) is 68.1 Å². The van der Waals surface area contributed by atoms with Gasteiger partial charge in [-0.15, -0.1) is 0 Å². The third-order valence-electron chi connectivity index (χ3n) is 8.50. The summed E-state index contributed by atoms with van der Waals surface area (Å²) >= 11 is 0. The Bertz CT molecular complexity index is 1880. The highest BCUT2D eigenvalue weighted by atomic mass is 15.0. The van der Waals surface area contributed by atoms with E-state index in [1.54, 1.807) is 11.1 Å². The van der Waals surface area contributed by atoms with Crippen LogP contribution in [0.3, 0.4) is 0 Å². The zero-order valence-corrected chi connectivity index (χ0v) is 18.7. The van der Waals surface area contributed by atoms with Gasteiger partial charge in [-0.2, -0.15) is 0 Å². The number of rotatable bonds is 0. The zero-order chi connectivity index (χ0) is 22.0. The fraction of sp³-hybridized carbons (Fsp3) is 0.0909. The largest absolute Gasteiger partial charge is 0.308 e. The van der Waals surface area contributed by atoms with Gasteiger partial charge in [0.2, 0.25) is 0 Å². The van der Waals surface area contributed by atoms with E-state index < -0.39 is 0 Å². The predicted octanol–water partition coefficient (Wildman–Crippen LogP) is 7.83. The Morgan fingerprint density at radius 3 is 2.12 bits per heavy atom. The first-order valence-corrected chi connectivity index (χ1v) is 12.3.